The van der Waals surface area contributed by atoms with E-state index in [2.05, 4.69) is 0 Å². The highest BCUT2D eigenvalue weighted by molar-refractivity contribution is 5.94. The summed E-state index contributed by atoms with van der Waals surface area (Å²) in [5, 5.41) is 0. The monoisotopic (exact) mass is 293 g/mol. The Kier molecular flexibility index (Phi) is 4.70. The lowest BCUT2D eigenvalue weighted by Crippen LogP contribution is -2.46. The van der Waals surface area contributed by atoms with Gasteiger partial charge in [-0.25, -0.2) is 4.79 Å². The number of carbonyl (C=O) groups excluding carboxylic acids is 2. The predicted molar refractivity (Wildman–Crippen MR) is 78.2 cm³/mol. The van der Waals surface area contributed by atoms with E-state index < -0.39 is 5.60 Å². The highest BCUT2D eigenvalue weighted by atomic mass is 16.6. The Labute approximate surface area is 125 Å². The van der Waals surface area contributed by atoms with E-state index in [1.807, 2.05) is 20.8 Å². The van der Waals surface area contributed by atoms with E-state index in [0.29, 0.717) is 12.3 Å². The third-order valence-corrected chi connectivity index (χ3v) is 3.47. The zero-order valence-corrected chi connectivity index (χ0v) is 12.9. The standard InChI is InChI=1S/C16H23NO4/c1-16(2,3)21-15(19)17-9-5-4-7-12(17)11-13(18)14-8-6-10-20-14/h6,8,10,12H,4-5,7,9,11H2,1-3H3. The zero-order valence-electron chi connectivity index (χ0n) is 12.9. The lowest BCUT2D eigenvalue weighted by atomic mass is 9.97. The molecule has 0 spiro atoms. The molecule has 5 nitrogen and oxygen atoms in total. The zero-order chi connectivity index (χ0) is 15.5. The minimum atomic E-state index is -0.524. The fraction of sp³-hybridized carbons (Fsp3) is 0.625. The van der Waals surface area contributed by atoms with Gasteiger partial charge in [0.25, 0.3) is 0 Å². The Balaban J connectivity index is 2.02. The smallest absolute Gasteiger partial charge is 0.410 e. The van der Waals surface area contributed by atoms with Crippen LogP contribution in [0, 0.1) is 0 Å². The molecule has 0 aromatic carbocycles. The molecule has 0 radical (unpaired) electrons. The number of ketones is 1. The SMILES string of the molecule is CC(C)(C)OC(=O)N1CCCCC1CC(=O)c1ccco1. The molecule has 1 aliphatic heterocycles. The minimum Gasteiger partial charge on any atom is -0.461 e. The molecule has 1 aliphatic rings. The number of ether oxygens (including phenoxy) is 1. The molecular weight excluding hydrogens is 270 g/mol. The molecule has 1 unspecified atom stereocenters. The van der Waals surface area contributed by atoms with Crippen LogP contribution in [0.4, 0.5) is 4.79 Å². The first-order valence-electron chi connectivity index (χ1n) is 7.43. The van der Waals surface area contributed by atoms with E-state index >= 15 is 0 Å². The van der Waals surface area contributed by atoms with Gasteiger partial charge < -0.3 is 14.1 Å². The first kappa shape index (κ1) is 15.6. The van der Waals surface area contributed by atoms with Crippen molar-refractivity contribution in [2.45, 2.75) is 58.1 Å². The van der Waals surface area contributed by atoms with Gasteiger partial charge in [-0.05, 0) is 52.2 Å². The molecule has 116 valence electrons. The molecule has 1 atom stereocenters. The Morgan fingerprint density at radius 1 is 1.38 bits per heavy atom. The molecule has 1 aromatic heterocycles. The summed E-state index contributed by atoms with van der Waals surface area (Å²) in [6, 6.07) is 3.24. The summed E-state index contributed by atoms with van der Waals surface area (Å²) in [6.45, 7) is 6.18. The first-order chi connectivity index (χ1) is 9.87. The Morgan fingerprint density at radius 3 is 2.76 bits per heavy atom. The van der Waals surface area contributed by atoms with Crippen molar-refractivity contribution in [3.05, 3.63) is 24.2 Å². The van der Waals surface area contributed by atoms with Crippen LogP contribution in [0.5, 0.6) is 0 Å². The van der Waals surface area contributed by atoms with Gasteiger partial charge >= 0.3 is 6.09 Å². The number of carbonyl (C=O) groups is 2. The van der Waals surface area contributed by atoms with Crippen molar-refractivity contribution in [2.24, 2.45) is 0 Å². The Bertz CT molecular complexity index is 487. The maximum Gasteiger partial charge on any atom is 0.410 e. The number of piperidine rings is 1. The van der Waals surface area contributed by atoms with E-state index in [1.54, 1.807) is 17.0 Å². The van der Waals surface area contributed by atoms with Crippen LogP contribution in [0.15, 0.2) is 22.8 Å². The van der Waals surface area contributed by atoms with Crippen LogP contribution in [0.25, 0.3) is 0 Å². The van der Waals surface area contributed by atoms with Gasteiger partial charge in [0.15, 0.2) is 11.5 Å². The lowest BCUT2D eigenvalue weighted by molar-refractivity contribution is 0.00935. The Morgan fingerprint density at radius 2 is 2.14 bits per heavy atom. The summed E-state index contributed by atoms with van der Waals surface area (Å²) in [5.74, 6) is 0.283. The van der Waals surface area contributed by atoms with E-state index in [9.17, 15) is 9.59 Å². The molecule has 0 N–H and O–H groups in total. The lowest BCUT2D eigenvalue weighted by Gasteiger charge is -2.36. The molecule has 2 rings (SSSR count). The summed E-state index contributed by atoms with van der Waals surface area (Å²) >= 11 is 0. The third-order valence-electron chi connectivity index (χ3n) is 3.47. The van der Waals surface area contributed by atoms with Crippen molar-refractivity contribution in [3.63, 3.8) is 0 Å². The molecular formula is C16H23NO4. The minimum absolute atomic E-state index is 0.0690. The van der Waals surface area contributed by atoms with Crippen LogP contribution in [-0.2, 0) is 4.74 Å². The van der Waals surface area contributed by atoms with Crippen LogP contribution in [-0.4, -0.2) is 35.0 Å². The largest absolute Gasteiger partial charge is 0.461 e. The van der Waals surface area contributed by atoms with E-state index in [-0.39, 0.29) is 24.3 Å². The summed E-state index contributed by atoms with van der Waals surface area (Å²) in [7, 11) is 0. The quantitative estimate of drug-likeness (QED) is 0.798. The second-order valence-electron chi connectivity index (χ2n) is 6.43. The highest BCUT2D eigenvalue weighted by Crippen LogP contribution is 2.24. The average molecular weight is 293 g/mol. The van der Waals surface area contributed by atoms with Crippen molar-refractivity contribution in [1.29, 1.82) is 0 Å². The maximum atomic E-state index is 12.3. The second kappa shape index (κ2) is 6.33. The van der Waals surface area contributed by atoms with Crippen molar-refractivity contribution in [2.75, 3.05) is 6.54 Å². The van der Waals surface area contributed by atoms with Crippen LogP contribution in [0.2, 0.25) is 0 Å². The number of nitrogens with zero attached hydrogens (tertiary/aromatic N) is 1. The van der Waals surface area contributed by atoms with Crippen molar-refractivity contribution in [3.8, 4) is 0 Å². The topological polar surface area (TPSA) is 59.8 Å². The van der Waals surface area contributed by atoms with E-state index in [4.69, 9.17) is 9.15 Å². The number of hydrogen-bond donors (Lipinski definition) is 0. The molecule has 0 saturated carbocycles. The number of hydrogen-bond acceptors (Lipinski definition) is 4. The van der Waals surface area contributed by atoms with Gasteiger partial charge in [0.05, 0.1) is 6.26 Å². The fourth-order valence-electron chi connectivity index (χ4n) is 2.53. The Hall–Kier alpha value is -1.78. The summed E-state index contributed by atoms with van der Waals surface area (Å²) in [5.41, 5.74) is -0.524. The number of likely N-dealkylation sites (tertiary alicyclic amines) is 1. The number of rotatable bonds is 3. The third kappa shape index (κ3) is 4.34. The summed E-state index contributed by atoms with van der Waals surface area (Å²) in [6.07, 6.45) is 4.23. The normalized spacial score (nSPS) is 19.4. The van der Waals surface area contributed by atoms with Crippen LogP contribution in [0.1, 0.15) is 57.0 Å². The highest BCUT2D eigenvalue weighted by Gasteiger charge is 2.32. The van der Waals surface area contributed by atoms with Crippen molar-refractivity contribution >= 4 is 11.9 Å². The molecule has 0 aliphatic carbocycles. The molecule has 2 heterocycles. The van der Waals surface area contributed by atoms with Gasteiger partial charge in [-0.3, -0.25) is 4.79 Å². The molecule has 21 heavy (non-hydrogen) atoms. The summed E-state index contributed by atoms with van der Waals surface area (Å²) in [4.78, 5) is 26.1. The molecule has 1 aromatic rings. The van der Waals surface area contributed by atoms with Crippen molar-refractivity contribution < 1.29 is 18.7 Å². The molecule has 1 fully saturated rings. The van der Waals surface area contributed by atoms with E-state index in [0.717, 1.165) is 19.3 Å². The molecule has 1 amide bonds. The molecule has 1 saturated heterocycles. The number of amides is 1. The van der Waals surface area contributed by atoms with Crippen molar-refractivity contribution in [1.82, 2.24) is 4.90 Å². The molecule has 0 bridgehead atoms. The van der Waals surface area contributed by atoms with Gasteiger partial charge in [0.1, 0.15) is 5.60 Å². The van der Waals surface area contributed by atoms with Crippen LogP contribution < -0.4 is 0 Å². The van der Waals surface area contributed by atoms with Gasteiger partial charge in [0.2, 0.25) is 0 Å². The maximum absolute atomic E-state index is 12.3. The van der Waals surface area contributed by atoms with Gasteiger partial charge in [-0.1, -0.05) is 0 Å². The van der Waals surface area contributed by atoms with Crippen LogP contribution in [0.3, 0.4) is 0 Å². The number of Topliss-reactive ketones (excluding diaryl/α,β-unsaturated/α-hetero) is 1. The van der Waals surface area contributed by atoms with E-state index in [1.165, 1.54) is 6.26 Å². The van der Waals surface area contributed by atoms with Gasteiger partial charge in [-0.2, -0.15) is 0 Å². The fourth-order valence-corrected chi connectivity index (χ4v) is 2.53. The second-order valence-corrected chi connectivity index (χ2v) is 6.43. The first-order valence-corrected chi connectivity index (χ1v) is 7.43. The predicted octanol–water partition coefficient (Wildman–Crippen LogP) is 3.64. The van der Waals surface area contributed by atoms with Gasteiger partial charge in [0, 0.05) is 19.0 Å². The van der Waals surface area contributed by atoms with Crippen LogP contribution >= 0.6 is 0 Å². The number of furan rings is 1. The average Bonchev–Trinajstić information content (AvgIpc) is 2.91. The summed E-state index contributed by atoms with van der Waals surface area (Å²) < 4.78 is 10.6. The van der Waals surface area contributed by atoms with Gasteiger partial charge in [-0.15, -0.1) is 0 Å². The molecule has 5 heteroatoms.